The highest BCUT2D eigenvalue weighted by Crippen LogP contribution is 2.10. The Morgan fingerprint density at radius 2 is 2.24 bits per heavy atom. The fourth-order valence-corrected chi connectivity index (χ4v) is 1.41. The van der Waals surface area contributed by atoms with E-state index in [4.69, 9.17) is 18.0 Å². The summed E-state index contributed by atoms with van der Waals surface area (Å²) in [6.07, 6.45) is 0. The topological polar surface area (TPSA) is 55.1 Å². The Bertz CT molecular complexity index is 448. The van der Waals surface area contributed by atoms with Crippen LogP contribution in [0, 0.1) is 18.7 Å². The molecule has 0 saturated carbocycles. The summed E-state index contributed by atoms with van der Waals surface area (Å²) in [6, 6.07) is 4.05. The van der Waals surface area contributed by atoms with Gasteiger partial charge in [0.25, 0.3) is 5.91 Å². The maximum absolute atomic E-state index is 12.9. The Labute approximate surface area is 105 Å². The summed E-state index contributed by atoms with van der Waals surface area (Å²) in [5.74, 6) is -0.657. The molecule has 0 bridgehead atoms. The highest BCUT2D eigenvalue weighted by molar-refractivity contribution is 7.80. The van der Waals surface area contributed by atoms with Gasteiger partial charge in [0.05, 0.1) is 4.99 Å². The minimum Gasteiger partial charge on any atom is -0.393 e. The van der Waals surface area contributed by atoms with Crippen molar-refractivity contribution >= 4 is 23.1 Å². The summed E-state index contributed by atoms with van der Waals surface area (Å²) >= 11 is 4.81. The fraction of sp³-hybridized carbons (Fsp3) is 0.333. The van der Waals surface area contributed by atoms with Crippen molar-refractivity contribution in [3.63, 3.8) is 0 Å². The lowest BCUT2D eigenvalue weighted by atomic mass is 10.1. The smallest absolute Gasteiger partial charge is 0.251 e. The number of amides is 1. The first-order valence-corrected chi connectivity index (χ1v) is 5.66. The third kappa shape index (κ3) is 3.78. The highest BCUT2D eigenvalue weighted by atomic mass is 32.1. The molecule has 5 heteroatoms. The average Bonchev–Trinajstić information content (AvgIpc) is 2.25. The Morgan fingerprint density at radius 3 is 2.76 bits per heavy atom. The van der Waals surface area contributed by atoms with Gasteiger partial charge in [-0.3, -0.25) is 4.79 Å². The van der Waals surface area contributed by atoms with Gasteiger partial charge in [-0.05, 0) is 30.7 Å². The van der Waals surface area contributed by atoms with Crippen LogP contribution in [0.2, 0.25) is 0 Å². The van der Waals surface area contributed by atoms with Gasteiger partial charge < -0.3 is 11.1 Å². The van der Waals surface area contributed by atoms with E-state index in [1.807, 2.05) is 6.92 Å². The maximum atomic E-state index is 12.9. The van der Waals surface area contributed by atoms with E-state index in [0.29, 0.717) is 22.7 Å². The van der Waals surface area contributed by atoms with Crippen LogP contribution in [0.4, 0.5) is 4.39 Å². The molecule has 0 aliphatic heterocycles. The second-order valence-electron chi connectivity index (χ2n) is 3.97. The Hall–Kier alpha value is -1.49. The van der Waals surface area contributed by atoms with Gasteiger partial charge >= 0.3 is 0 Å². The van der Waals surface area contributed by atoms with Gasteiger partial charge in [0, 0.05) is 18.0 Å². The molecular weight excluding hydrogens is 239 g/mol. The largest absolute Gasteiger partial charge is 0.393 e. The molecule has 0 fully saturated rings. The van der Waals surface area contributed by atoms with Crippen LogP contribution in [0.3, 0.4) is 0 Å². The molecule has 1 atom stereocenters. The zero-order valence-corrected chi connectivity index (χ0v) is 10.6. The number of benzene rings is 1. The van der Waals surface area contributed by atoms with Gasteiger partial charge in [0.1, 0.15) is 5.82 Å². The van der Waals surface area contributed by atoms with Crippen molar-refractivity contribution in [3.8, 4) is 0 Å². The first kappa shape index (κ1) is 13.6. The molecule has 0 heterocycles. The molecule has 92 valence electrons. The van der Waals surface area contributed by atoms with Crippen LogP contribution in [0.15, 0.2) is 18.2 Å². The number of halogens is 1. The highest BCUT2D eigenvalue weighted by Gasteiger charge is 2.11. The predicted molar refractivity (Wildman–Crippen MR) is 69.4 cm³/mol. The van der Waals surface area contributed by atoms with Gasteiger partial charge in [0.2, 0.25) is 0 Å². The van der Waals surface area contributed by atoms with Gasteiger partial charge in [0.15, 0.2) is 0 Å². The first-order chi connectivity index (χ1) is 7.91. The lowest BCUT2D eigenvalue weighted by Crippen LogP contribution is -2.33. The van der Waals surface area contributed by atoms with Crippen molar-refractivity contribution in [2.45, 2.75) is 13.8 Å². The van der Waals surface area contributed by atoms with Crippen LogP contribution >= 0.6 is 12.2 Å². The second kappa shape index (κ2) is 5.72. The minimum atomic E-state index is -0.351. The molecule has 0 aliphatic rings. The molecule has 0 radical (unpaired) electrons. The van der Waals surface area contributed by atoms with Crippen molar-refractivity contribution in [2.75, 3.05) is 6.54 Å². The number of nitrogens with one attached hydrogen (secondary N) is 1. The summed E-state index contributed by atoms with van der Waals surface area (Å²) in [7, 11) is 0. The summed E-state index contributed by atoms with van der Waals surface area (Å²) in [5, 5.41) is 2.71. The Kier molecular flexibility index (Phi) is 4.57. The number of hydrogen-bond acceptors (Lipinski definition) is 2. The molecule has 0 spiro atoms. The number of carbonyl (C=O) groups excluding carboxylic acids is 1. The fourth-order valence-electron chi connectivity index (χ4n) is 1.32. The number of hydrogen-bond donors (Lipinski definition) is 2. The SMILES string of the molecule is Cc1cc(F)ccc1C(=O)NCC(C)C(N)=S. The third-order valence-corrected chi connectivity index (χ3v) is 2.89. The third-order valence-electron chi connectivity index (χ3n) is 2.49. The molecule has 1 aromatic carbocycles. The maximum Gasteiger partial charge on any atom is 0.251 e. The van der Waals surface area contributed by atoms with Crippen LogP contribution in [-0.2, 0) is 0 Å². The molecule has 3 nitrogen and oxygen atoms in total. The molecule has 17 heavy (non-hydrogen) atoms. The van der Waals surface area contributed by atoms with Crippen molar-refractivity contribution < 1.29 is 9.18 Å². The van der Waals surface area contributed by atoms with E-state index in [0.717, 1.165) is 0 Å². The van der Waals surface area contributed by atoms with Crippen molar-refractivity contribution in [3.05, 3.63) is 35.1 Å². The molecule has 0 aromatic heterocycles. The summed E-state index contributed by atoms with van der Waals surface area (Å²) in [5.41, 5.74) is 6.50. The van der Waals surface area contributed by atoms with Crippen molar-refractivity contribution in [1.29, 1.82) is 0 Å². The van der Waals surface area contributed by atoms with Crippen LogP contribution in [-0.4, -0.2) is 17.4 Å². The molecule has 1 rings (SSSR count). The quantitative estimate of drug-likeness (QED) is 0.805. The number of nitrogens with two attached hydrogens (primary N) is 1. The van der Waals surface area contributed by atoms with Crippen LogP contribution < -0.4 is 11.1 Å². The van der Waals surface area contributed by atoms with Gasteiger partial charge in [-0.2, -0.15) is 0 Å². The summed E-state index contributed by atoms with van der Waals surface area (Å²) < 4.78 is 12.9. The van der Waals surface area contributed by atoms with Gasteiger partial charge in [-0.15, -0.1) is 0 Å². The standard InChI is InChI=1S/C12H15FN2OS/c1-7-5-9(13)3-4-10(7)12(16)15-6-8(2)11(14)17/h3-5,8H,6H2,1-2H3,(H2,14,17)(H,15,16). The van der Waals surface area contributed by atoms with Gasteiger partial charge in [-0.1, -0.05) is 19.1 Å². The van der Waals surface area contributed by atoms with Crippen molar-refractivity contribution in [1.82, 2.24) is 5.32 Å². The normalized spacial score (nSPS) is 11.9. The molecular formula is C12H15FN2OS. The van der Waals surface area contributed by atoms with E-state index in [-0.39, 0.29) is 17.6 Å². The van der Waals surface area contributed by atoms with E-state index in [9.17, 15) is 9.18 Å². The van der Waals surface area contributed by atoms with E-state index in [2.05, 4.69) is 5.32 Å². The zero-order chi connectivity index (χ0) is 13.0. The molecule has 1 aromatic rings. The van der Waals surface area contributed by atoms with E-state index < -0.39 is 0 Å². The predicted octanol–water partition coefficient (Wildman–Crippen LogP) is 1.79. The molecule has 1 amide bonds. The molecule has 3 N–H and O–H groups in total. The average molecular weight is 254 g/mol. The van der Waals surface area contributed by atoms with Crippen LogP contribution in [0.1, 0.15) is 22.8 Å². The first-order valence-electron chi connectivity index (χ1n) is 5.25. The van der Waals surface area contributed by atoms with E-state index in [1.54, 1.807) is 6.92 Å². The number of carbonyl (C=O) groups is 1. The Morgan fingerprint density at radius 1 is 1.59 bits per heavy atom. The number of rotatable bonds is 4. The molecule has 0 aliphatic carbocycles. The molecule has 1 unspecified atom stereocenters. The monoisotopic (exact) mass is 254 g/mol. The minimum absolute atomic E-state index is 0.0605. The van der Waals surface area contributed by atoms with Gasteiger partial charge in [-0.25, -0.2) is 4.39 Å². The second-order valence-corrected chi connectivity index (χ2v) is 4.44. The summed E-state index contributed by atoms with van der Waals surface area (Å²) in [4.78, 5) is 12.1. The van der Waals surface area contributed by atoms with Crippen molar-refractivity contribution in [2.24, 2.45) is 11.7 Å². The zero-order valence-electron chi connectivity index (χ0n) is 9.79. The van der Waals surface area contributed by atoms with Crippen LogP contribution in [0.5, 0.6) is 0 Å². The lowest BCUT2D eigenvalue weighted by Gasteiger charge is -2.12. The summed E-state index contributed by atoms with van der Waals surface area (Å²) in [6.45, 7) is 3.90. The van der Waals surface area contributed by atoms with Crippen LogP contribution in [0.25, 0.3) is 0 Å². The molecule has 0 saturated heterocycles. The number of thiocarbonyl (C=S) groups is 1. The lowest BCUT2D eigenvalue weighted by molar-refractivity contribution is 0.0950. The van der Waals surface area contributed by atoms with E-state index >= 15 is 0 Å². The number of aryl methyl sites for hydroxylation is 1. The van der Waals surface area contributed by atoms with E-state index in [1.165, 1.54) is 18.2 Å². The Balaban J connectivity index is 2.67.